The third-order valence-corrected chi connectivity index (χ3v) is 3.23. The van der Waals surface area contributed by atoms with Crippen LogP contribution < -0.4 is 10.6 Å². The molecule has 0 aromatic carbocycles. The molecule has 0 fully saturated rings. The van der Waals surface area contributed by atoms with Crippen molar-refractivity contribution in [3.63, 3.8) is 0 Å². The maximum Gasteiger partial charge on any atom is 0.236 e. The molecule has 1 aromatic heterocycles. The van der Waals surface area contributed by atoms with Crippen LogP contribution in [0.5, 0.6) is 0 Å². The molecule has 0 spiro atoms. The molecule has 1 heterocycles. The van der Waals surface area contributed by atoms with Crippen molar-refractivity contribution >= 4 is 5.91 Å². The molecule has 4 nitrogen and oxygen atoms in total. The van der Waals surface area contributed by atoms with E-state index in [1.807, 2.05) is 6.92 Å². The second kappa shape index (κ2) is 5.87. The molecule has 1 aromatic rings. The number of rotatable bonds is 5. The van der Waals surface area contributed by atoms with Crippen LogP contribution in [0, 0.1) is 13.8 Å². The topological polar surface area (TPSA) is 46.1 Å². The molecule has 1 rings (SSSR count). The summed E-state index contributed by atoms with van der Waals surface area (Å²) in [5.74, 6) is 0.0225. The first-order valence-corrected chi connectivity index (χ1v) is 6.11. The molecule has 2 N–H and O–H groups in total. The predicted molar refractivity (Wildman–Crippen MR) is 69.9 cm³/mol. The highest BCUT2D eigenvalue weighted by Crippen LogP contribution is 2.14. The van der Waals surface area contributed by atoms with Crippen molar-refractivity contribution in [2.45, 2.75) is 46.8 Å². The van der Waals surface area contributed by atoms with Gasteiger partial charge in [-0.25, -0.2) is 0 Å². The number of nitrogens with one attached hydrogen (secondary N) is 2. The van der Waals surface area contributed by atoms with Crippen LogP contribution >= 0.6 is 0 Å². The number of aromatic nitrogens is 1. The summed E-state index contributed by atoms with van der Waals surface area (Å²) in [6.45, 7) is 9.97. The fourth-order valence-corrected chi connectivity index (χ4v) is 2.11. The van der Waals surface area contributed by atoms with Gasteiger partial charge in [-0.1, -0.05) is 0 Å². The largest absolute Gasteiger partial charge is 0.358 e. The second-order valence-electron chi connectivity index (χ2n) is 4.36. The van der Waals surface area contributed by atoms with Gasteiger partial charge in [0.25, 0.3) is 0 Å². The maximum absolute atomic E-state index is 11.4. The summed E-state index contributed by atoms with van der Waals surface area (Å²) >= 11 is 0. The van der Waals surface area contributed by atoms with Crippen LogP contribution in [-0.2, 0) is 17.9 Å². The lowest BCUT2D eigenvalue weighted by Crippen LogP contribution is -2.40. The van der Waals surface area contributed by atoms with Gasteiger partial charge in [0.15, 0.2) is 0 Å². The van der Waals surface area contributed by atoms with Crippen LogP contribution in [0.2, 0.25) is 0 Å². The molecule has 0 saturated carbocycles. The Bertz CT molecular complexity index is 396. The van der Waals surface area contributed by atoms with Crippen LogP contribution in [0.15, 0.2) is 6.07 Å². The highest BCUT2D eigenvalue weighted by molar-refractivity contribution is 5.80. The van der Waals surface area contributed by atoms with Crippen molar-refractivity contribution in [2.24, 2.45) is 0 Å². The predicted octanol–water partition coefficient (Wildman–Crippen LogP) is 1.35. The lowest BCUT2D eigenvalue weighted by Gasteiger charge is -2.12. The SMILES string of the molecule is CCn1c(C)cc(CNC(C)C(=O)NC)c1C. The molecule has 96 valence electrons. The summed E-state index contributed by atoms with van der Waals surface area (Å²) in [6, 6.07) is 2.02. The van der Waals surface area contributed by atoms with E-state index in [0.717, 1.165) is 13.1 Å². The quantitative estimate of drug-likeness (QED) is 0.812. The third kappa shape index (κ3) is 3.09. The van der Waals surface area contributed by atoms with E-state index in [1.165, 1.54) is 17.0 Å². The van der Waals surface area contributed by atoms with Gasteiger partial charge in [-0.15, -0.1) is 0 Å². The first kappa shape index (κ1) is 13.8. The van der Waals surface area contributed by atoms with Crippen LogP contribution in [0.1, 0.15) is 30.8 Å². The van der Waals surface area contributed by atoms with E-state index in [-0.39, 0.29) is 11.9 Å². The first-order valence-electron chi connectivity index (χ1n) is 6.11. The summed E-state index contributed by atoms with van der Waals surface area (Å²) in [7, 11) is 1.66. The van der Waals surface area contributed by atoms with E-state index in [2.05, 4.69) is 42.0 Å². The number of amides is 1. The van der Waals surface area contributed by atoms with Gasteiger partial charge in [0.05, 0.1) is 6.04 Å². The molecule has 0 radical (unpaired) electrons. The molecule has 4 heteroatoms. The van der Waals surface area contributed by atoms with Gasteiger partial charge >= 0.3 is 0 Å². The average Bonchev–Trinajstić information content (AvgIpc) is 2.59. The van der Waals surface area contributed by atoms with E-state index in [0.29, 0.717) is 0 Å². The molecule has 1 unspecified atom stereocenters. The lowest BCUT2D eigenvalue weighted by atomic mass is 10.2. The summed E-state index contributed by atoms with van der Waals surface area (Å²) in [6.07, 6.45) is 0. The summed E-state index contributed by atoms with van der Waals surface area (Å²) in [5.41, 5.74) is 3.82. The van der Waals surface area contributed by atoms with Crippen molar-refractivity contribution < 1.29 is 4.79 Å². The molecule has 0 aliphatic heterocycles. The highest BCUT2D eigenvalue weighted by atomic mass is 16.2. The van der Waals surface area contributed by atoms with Crippen LogP contribution in [-0.4, -0.2) is 23.6 Å². The average molecular weight is 237 g/mol. The molecule has 1 atom stereocenters. The van der Waals surface area contributed by atoms with Gasteiger partial charge in [0, 0.05) is 31.5 Å². The van der Waals surface area contributed by atoms with E-state index in [9.17, 15) is 4.79 Å². The van der Waals surface area contributed by atoms with E-state index in [1.54, 1.807) is 7.05 Å². The smallest absolute Gasteiger partial charge is 0.236 e. The number of nitrogens with zero attached hydrogens (tertiary/aromatic N) is 1. The minimum Gasteiger partial charge on any atom is -0.358 e. The number of hydrogen-bond donors (Lipinski definition) is 2. The molecule has 0 aliphatic rings. The Labute approximate surface area is 103 Å². The van der Waals surface area contributed by atoms with Crippen molar-refractivity contribution in [3.05, 3.63) is 23.0 Å². The molecule has 17 heavy (non-hydrogen) atoms. The van der Waals surface area contributed by atoms with Gasteiger partial charge in [-0.2, -0.15) is 0 Å². The zero-order chi connectivity index (χ0) is 13.0. The molecule has 0 saturated heterocycles. The zero-order valence-corrected chi connectivity index (χ0v) is 11.4. The minimum atomic E-state index is -0.162. The first-order chi connectivity index (χ1) is 8.01. The zero-order valence-electron chi connectivity index (χ0n) is 11.4. The minimum absolute atomic E-state index is 0.0225. The Hall–Kier alpha value is -1.29. The van der Waals surface area contributed by atoms with E-state index < -0.39 is 0 Å². The number of carbonyl (C=O) groups is 1. The van der Waals surface area contributed by atoms with Gasteiger partial charge in [-0.05, 0) is 39.3 Å². The number of aryl methyl sites for hydroxylation is 1. The molecular formula is C13H23N3O. The van der Waals surface area contributed by atoms with Crippen molar-refractivity contribution in [1.29, 1.82) is 0 Å². The molecular weight excluding hydrogens is 214 g/mol. The fraction of sp³-hybridized carbons (Fsp3) is 0.615. The second-order valence-corrected chi connectivity index (χ2v) is 4.36. The van der Waals surface area contributed by atoms with E-state index >= 15 is 0 Å². The fourth-order valence-electron chi connectivity index (χ4n) is 2.11. The Morgan fingerprint density at radius 3 is 2.59 bits per heavy atom. The number of likely N-dealkylation sites (N-methyl/N-ethyl adjacent to an activating group) is 1. The highest BCUT2D eigenvalue weighted by Gasteiger charge is 2.12. The van der Waals surface area contributed by atoms with Crippen LogP contribution in [0.25, 0.3) is 0 Å². The van der Waals surface area contributed by atoms with Crippen molar-refractivity contribution in [3.8, 4) is 0 Å². The normalized spacial score (nSPS) is 12.5. The number of hydrogen-bond acceptors (Lipinski definition) is 2. The van der Waals surface area contributed by atoms with Gasteiger partial charge in [-0.3, -0.25) is 4.79 Å². The standard InChI is InChI=1S/C13H23N3O/c1-6-16-9(2)7-12(11(16)4)8-15-10(3)13(17)14-5/h7,10,15H,6,8H2,1-5H3,(H,14,17). The Morgan fingerprint density at radius 2 is 2.12 bits per heavy atom. The Balaban J connectivity index is 2.67. The lowest BCUT2D eigenvalue weighted by molar-refractivity contribution is -0.122. The van der Waals surface area contributed by atoms with E-state index in [4.69, 9.17) is 0 Å². The molecule has 0 bridgehead atoms. The van der Waals surface area contributed by atoms with Crippen LogP contribution in [0.3, 0.4) is 0 Å². The maximum atomic E-state index is 11.4. The Kier molecular flexibility index (Phi) is 4.75. The summed E-state index contributed by atoms with van der Waals surface area (Å²) in [5, 5.41) is 5.87. The number of carbonyl (C=O) groups excluding carboxylic acids is 1. The van der Waals surface area contributed by atoms with Crippen molar-refractivity contribution in [1.82, 2.24) is 15.2 Å². The molecule has 1 amide bonds. The third-order valence-electron chi connectivity index (χ3n) is 3.23. The van der Waals surface area contributed by atoms with Gasteiger partial charge in [0.2, 0.25) is 5.91 Å². The Morgan fingerprint density at radius 1 is 1.47 bits per heavy atom. The van der Waals surface area contributed by atoms with Gasteiger partial charge in [0.1, 0.15) is 0 Å². The van der Waals surface area contributed by atoms with Gasteiger partial charge < -0.3 is 15.2 Å². The molecule has 0 aliphatic carbocycles. The van der Waals surface area contributed by atoms with Crippen LogP contribution in [0.4, 0.5) is 0 Å². The monoisotopic (exact) mass is 237 g/mol. The summed E-state index contributed by atoms with van der Waals surface area (Å²) in [4.78, 5) is 11.4. The summed E-state index contributed by atoms with van der Waals surface area (Å²) < 4.78 is 2.28. The van der Waals surface area contributed by atoms with Crippen molar-refractivity contribution in [2.75, 3.05) is 7.05 Å².